The number of hydrogen-bond acceptors (Lipinski definition) is 2. The quantitative estimate of drug-likeness (QED) is 0.924. The third kappa shape index (κ3) is 4.13. The number of benzene rings is 1. The van der Waals surface area contributed by atoms with Gasteiger partial charge >= 0.3 is 0 Å². The molecule has 1 aromatic rings. The number of para-hydroxylation sites is 1. The van der Waals surface area contributed by atoms with Crippen LogP contribution >= 0.6 is 12.4 Å². The molecule has 1 aromatic carbocycles. The van der Waals surface area contributed by atoms with Gasteiger partial charge in [0.05, 0.1) is 6.54 Å². The van der Waals surface area contributed by atoms with Crippen LogP contribution in [-0.2, 0) is 4.79 Å². The monoisotopic (exact) mass is 282 g/mol. The summed E-state index contributed by atoms with van der Waals surface area (Å²) in [6.45, 7) is 5.68. The van der Waals surface area contributed by atoms with E-state index in [-0.39, 0.29) is 18.3 Å². The van der Waals surface area contributed by atoms with Crippen LogP contribution in [0.25, 0.3) is 0 Å². The van der Waals surface area contributed by atoms with Gasteiger partial charge in [-0.2, -0.15) is 0 Å². The van der Waals surface area contributed by atoms with Gasteiger partial charge in [0.25, 0.3) is 0 Å². The van der Waals surface area contributed by atoms with Gasteiger partial charge in [-0.05, 0) is 37.8 Å². The summed E-state index contributed by atoms with van der Waals surface area (Å²) in [7, 11) is 0. The molecule has 1 fully saturated rings. The largest absolute Gasteiger partial charge is 0.376 e. The lowest BCUT2D eigenvalue weighted by Gasteiger charge is -2.38. The molecule has 2 rings (SSSR count). The summed E-state index contributed by atoms with van der Waals surface area (Å²) in [4.78, 5) is 14.2. The molecule has 3 nitrogen and oxygen atoms in total. The first-order valence-electron chi connectivity index (χ1n) is 6.77. The summed E-state index contributed by atoms with van der Waals surface area (Å²) in [6, 6.07) is 10.2. The number of carbonyl (C=O) groups excluding carboxylic acids is 1. The molecule has 0 saturated carbocycles. The number of hydrogen-bond donors (Lipinski definition) is 1. The third-order valence-corrected chi connectivity index (χ3v) is 3.91. The third-order valence-electron chi connectivity index (χ3n) is 3.91. The number of anilines is 1. The minimum Gasteiger partial charge on any atom is -0.376 e. The number of rotatable bonds is 3. The van der Waals surface area contributed by atoms with Gasteiger partial charge in [0.2, 0.25) is 5.91 Å². The minimum atomic E-state index is 0. The molecule has 0 spiro atoms. The first kappa shape index (κ1) is 15.8. The summed E-state index contributed by atoms with van der Waals surface area (Å²) in [5.74, 6) is 0.817. The lowest BCUT2D eigenvalue weighted by atomic mass is 9.92. The van der Waals surface area contributed by atoms with Crippen LogP contribution < -0.4 is 5.32 Å². The van der Waals surface area contributed by atoms with E-state index in [4.69, 9.17) is 0 Å². The maximum absolute atomic E-state index is 12.2. The predicted octanol–water partition coefficient (Wildman–Crippen LogP) is 3.17. The van der Waals surface area contributed by atoms with Gasteiger partial charge in [-0.15, -0.1) is 12.4 Å². The number of likely N-dealkylation sites (tertiary alicyclic amines) is 1. The Kier molecular flexibility index (Phi) is 6.16. The van der Waals surface area contributed by atoms with Gasteiger partial charge in [-0.1, -0.05) is 25.1 Å². The number of nitrogens with zero attached hydrogens (tertiary/aromatic N) is 1. The van der Waals surface area contributed by atoms with Crippen molar-refractivity contribution in [1.29, 1.82) is 0 Å². The fourth-order valence-corrected chi connectivity index (χ4v) is 2.52. The van der Waals surface area contributed by atoms with E-state index < -0.39 is 0 Å². The highest BCUT2D eigenvalue weighted by Gasteiger charge is 2.27. The van der Waals surface area contributed by atoms with E-state index in [0.29, 0.717) is 18.5 Å². The smallest absolute Gasteiger partial charge is 0.242 e. The molecule has 19 heavy (non-hydrogen) atoms. The Labute approximate surface area is 121 Å². The zero-order valence-electron chi connectivity index (χ0n) is 11.6. The highest BCUT2D eigenvalue weighted by Crippen LogP contribution is 2.22. The molecular weight excluding hydrogens is 260 g/mol. The maximum atomic E-state index is 12.2. The molecule has 1 amide bonds. The standard InChI is InChI=1S/C15H22N2O.ClH/c1-12-7-6-10-17(13(12)2)15(18)11-16-14-8-4-3-5-9-14;/h3-5,8-9,12-13,16H,6-7,10-11H2,1-2H3;1H. The lowest BCUT2D eigenvalue weighted by Crippen LogP contribution is -2.48. The van der Waals surface area contributed by atoms with E-state index in [0.717, 1.165) is 18.7 Å². The molecule has 0 aliphatic carbocycles. The van der Waals surface area contributed by atoms with E-state index in [9.17, 15) is 4.79 Å². The topological polar surface area (TPSA) is 32.3 Å². The highest BCUT2D eigenvalue weighted by molar-refractivity contribution is 5.85. The summed E-state index contributed by atoms with van der Waals surface area (Å²) in [5.41, 5.74) is 1.00. The molecule has 0 bridgehead atoms. The van der Waals surface area contributed by atoms with Crippen molar-refractivity contribution in [1.82, 2.24) is 4.90 Å². The SMILES string of the molecule is CC1CCCN(C(=O)CNc2ccccc2)C1C.Cl. The minimum absolute atomic E-state index is 0. The van der Waals surface area contributed by atoms with Gasteiger partial charge in [-0.3, -0.25) is 4.79 Å². The van der Waals surface area contributed by atoms with Crippen molar-refractivity contribution >= 4 is 24.0 Å². The molecule has 2 atom stereocenters. The Balaban J connectivity index is 0.00000180. The van der Waals surface area contributed by atoms with Crippen LogP contribution in [0.4, 0.5) is 5.69 Å². The van der Waals surface area contributed by atoms with E-state index in [1.165, 1.54) is 6.42 Å². The molecule has 2 unspecified atom stereocenters. The first-order valence-corrected chi connectivity index (χ1v) is 6.77. The van der Waals surface area contributed by atoms with Crippen LogP contribution in [0.2, 0.25) is 0 Å². The average molecular weight is 283 g/mol. The Morgan fingerprint density at radius 3 is 2.68 bits per heavy atom. The molecule has 1 aliphatic heterocycles. The zero-order valence-corrected chi connectivity index (χ0v) is 12.5. The van der Waals surface area contributed by atoms with Gasteiger partial charge in [0.1, 0.15) is 0 Å². The molecule has 0 radical (unpaired) electrons. The van der Waals surface area contributed by atoms with Gasteiger partial charge in [0.15, 0.2) is 0 Å². The van der Waals surface area contributed by atoms with Crippen molar-refractivity contribution < 1.29 is 4.79 Å². The molecule has 1 N–H and O–H groups in total. The fourth-order valence-electron chi connectivity index (χ4n) is 2.52. The average Bonchev–Trinajstić information content (AvgIpc) is 2.40. The van der Waals surface area contributed by atoms with Crippen LogP contribution in [0.3, 0.4) is 0 Å². The first-order chi connectivity index (χ1) is 8.68. The Hall–Kier alpha value is -1.22. The Morgan fingerprint density at radius 2 is 2.00 bits per heavy atom. The Morgan fingerprint density at radius 1 is 1.32 bits per heavy atom. The number of halogens is 1. The zero-order chi connectivity index (χ0) is 13.0. The van der Waals surface area contributed by atoms with Crippen LogP contribution in [0, 0.1) is 5.92 Å². The van der Waals surface area contributed by atoms with E-state index in [2.05, 4.69) is 19.2 Å². The molecule has 0 aromatic heterocycles. The van der Waals surface area contributed by atoms with Gasteiger partial charge in [-0.25, -0.2) is 0 Å². The second-order valence-electron chi connectivity index (χ2n) is 5.17. The number of amides is 1. The second-order valence-corrected chi connectivity index (χ2v) is 5.17. The number of carbonyl (C=O) groups is 1. The molecular formula is C15H23ClN2O. The molecule has 4 heteroatoms. The van der Waals surface area contributed by atoms with Gasteiger partial charge in [0, 0.05) is 18.3 Å². The number of piperidine rings is 1. The van der Waals surface area contributed by atoms with Crippen LogP contribution in [0.5, 0.6) is 0 Å². The van der Waals surface area contributed by atoms with E-state index in [1.54, 1.807) is 0 Å². The Bertz CT molecular complexity index is 396. The molecule has 1 aliphatic rings. The van der Waals surface area contributed by atoms with Crippen molar-refractivity contribution in [2.24, 2.45) is 5.92 Å². The van der Waals surface area contributed by atoms with Gasteiger partial charge < -0.3 is 10.2 Å². The second kappa shape index (κ2) is 7.39. The summed E-state index contributed by atoms with van der Waals surface area (Å²) in [5, 5.41) is 3.19. The van der Waals surface area contributed by atoms with Crippen LogP contribution in [0.1, 0.15) is 26.7 Å². The normalized spacial score (nSPS) is 22.5. The van der Waals surface area contributed by atoms with Crippen LogP contribution in [-0.4, -0.2) is 29.9 Å². The predicted molar refractivity (Wildman–Crippen MR) is 81.8 cm³/mol. The summed E-state index contributed by atoms with van der Waals surface area (Å²) >= 11 is 0. The van der Waals surface area contributed by atoms with Crippen LogP contribution in [0.15, 0.2) is 30.3 Å². The molecule has 1 heterocycles. The highest BCUT2D eigenvalue weighted by atomic mass is 35.5. The molecule has 1 saturated heterocycles. The van der Waals surface area contributed by atoms with E-state index in [1.807, 2.05) is 35.2 Å². The van der Waals surface area contributed by atoms with Crippen molar-refractivity contribution in [3.8, 4) is 0 Å². The number of nitrogens with one attached hydrogen (secondary N) is 1. The summed E-state index contributed by atoms with van der Waals surface area (Å²) in [6.07, 6.45) is 2.36. The molecule has 106 valence electrons. The maximum Gasteiger partial charge on any atom is 0.242 e. The van der Waals surface area contributed by atoms with Crippen molar-refractivity contribution in [2.75, 3.05) is 18.4 Å². The van der Waals surface area contributed by atoms with Crippen molar-refractivity contribution in [3.05, 3.63) is 30.3 Å². The van der Waals surface area contributed by atoms with Crippen molar-refractivity contribution in [3.63, 3.8) is 0 Å². The van der Waals surface area contributed by atoms with E-state index >= 15 is 0 Å². The fraction of sp³-hybridized carbons (Fsp3) is 0.533. The summed E-state index contributed by atoms with van der Waals surface area (Å²) < 4.78 is 0. The van der Waals surface area contributed by atoms with Crippen molar-refractivity contribution in [2.45, 2.75) is 32.7 Å². The lowest BCUT2D eigenvalue weighted by molar-refractivity contribution is -0.133.